The first-order valence-corrected chi connectivity index (χ1v) is 23.5. The number of amides is 1. The molecule has 0 saturated heterocycles. The summed E-state index contributed by atoms with van der Waals surface area (Å²) in [6.07, 6.45) is 36.4. The van der Waals surface area contributed by atoms with E-state index in [1.165, 1.54) is 141 Å². The second-order valence-electron chi connectivity index (χ2n) is 13.9. The minimum absolute atomic E-state index is 0. The van der Waals surface area contributed by atoms with E-state index >= 15 is 0 Å². The van der Waals surface area contributed by atoms with Gasteiger partial charge in [-0.15, -0.1) is 0 Å². The van der Waals surface area contributed by atoms with Crippen molar-refractivity contribution in [2.24, 2.45) is 4.99 Å². The maximum absolute atomic E-state index is 11.5. The predicted octanol–water partition coefficient (Wildman–Crippen LogP) is 8.64. The first kappa shape index (κ1) is 55.4. The Labute approximate surface area is 344 Å². The summed E-state index contributed by atoms with van der Waals surface area (Å²) in [7, 11) is -8.25. The van der Waals surface area contributed by atoms with E-state index < -0.39 is 31.7 Å². The van der Waals surface area contributed by atoms with Crippen molar-refractivity contribution in [2.75, 3.05) is 24.6 Å². The Bertz CT molecular complexity index is 996. The Balaban J connectivity index is -0.000000886. The number of nitrogens with one attached hydrogen (secondary N) is 1. The predicted molar refractivity (Wildman–Crippen MR) is 212 cm³/mol. The van der Waals surface area contributed by atoms with Gasteiger partial charge >= 0.3 is 37.7 Å². The summed E-state index contributed by atoms with van der Waals surface area (Å²) in [4.78, 5) is 15.1. The molecule has 0 aliphatic rings. The molecule has 0 unspecified atom stereocenters. The minimum Gasteiger partial charge on any atom is -0.862 e. The second-order valence-corrected chi connectivity index (χ2v) is 17.0. The van der Waals surface area contributed by atoms with Crippen molar-refractivity contribution in [3.05, 3.63) is 0 Å². The van der Waals surface area contributed by atoms with Crippen LogP contribution in [0, 0.1) is 0 Å². The quantitative estimate of drug-likeness (QED) is 0.0208. The van der Waals surface area contributed by atoms with Crippen LogP contribution in [0.25, 0.3) is 0 Å². The molecule has 0 aliphatic heterocycles. The smallest absolute Gasteiger partial charge is 0.862 e. The molecule has 0 atom stereocenters. The van der Waals surface area contributed by atoms with Crippen molar-refractivity contribution < 1.29 is 35.8 Å². The molecule has 0 aromatic heterocycles. The summed E-state index contributed by atoms with van der Waals surface area (Å²) >= 11 is 0. The van der Waals surface area contributed by atoms with Crippen LogP contribution in [0.15, 0.2) is 4.99 Å². The van der Waals surface area contributed by atoms with Crippen molar-refractivity contribution in [1.29, 1.82) is 0 Å². The maximum Gasteiger partial charge on any atom is 2.00 e. The molecule has 0 radical (unpaired) electrons. The van der Waals surface area contributed by atoms with Gasteiger partial charge in [-0.25, -0.2) is 8.42 Å². The number of aliphatic imine (C=N–C) groups is 1. The Morgan fingerprint density at radius 1 is 0.549 bits per heavy atom. The fourth-order valence-electron chi connectivity index (χ4n) is 5.72. The molecule has 0 fully saturated rings. The van der Waals surface area contributed by atoms with Gasteiger partial charge in [0, 0.05) is 13.0 Å². The van der Waals surface area contributed by atoms with Gasteiger partial charge in [-0.1, -0.05) is 181 Å². The Kier molecular flexibility index (Phi) is 44.7. The van der Waals surface area contributed by atoms with E-state index in [0.717, 1.165) is 38.5 Å². The van der Waals surface area contributed by atoms with E-state index in [4.69, 9.17) is 4.55 Å². The summed E-state index contributed by atoms with van der Waals surface area (Å²) < 4.78 is 60.7. The summed E-state index contributed by atoms with van der Waals surface area (Å²) in [6, 6.07) is 0. The molecule has 13 heteroatoms. The van der Waals surface area contributed by atoms with Gasteiger partial charge < -0.3 is 20.0 Å². The normalized spacial score (nSPS) is 11.9. The number of nitrogens with zero attached hydrogens (tertiary/aromatic N) is 1. The van der Waals surface area contributed by atoms with Gasteiger partial charge in [0.15, 0.2) is 0 Å². The van der Waals surface area contributed by atoms with Crippen LogP contribution in [-0.4, -0.2) is 100 Å². The fraction of sp³-hybridized carbons (Fsp3) is 0.947. The van der Waals surface area contributed by atoms with Crippen LogP contribution < -0.4 is 10.4 Å². The van der Waals surface area contributed by atoms with Crippen LogP contribution in [0.2, 0.25) is 0 Å². The first-order chi connectivity index (χ1) is 23.9. The van der Waals surface area contributed by atoms with Crippen LogP contribution in [0.5, 0.6) is 0 Å². The van der Waals surface area contributed by atoms with Gasteiger partial charge in [0.05, 0.1) is 28.2 Å². The van der Waals surface area contributed by atoms with Gasteiger partial charge in [-0.2, -0.15) is 8.42 Å². The molecular formula is C38H76CaN2O8S2. The SMILES string of the molecule is CCCCCCCCCCCCCCCCC(=O)NCCS(=O)(=O)O.CCCCCCCCCCCCCCCCC([O-])=NCCS(=O)(=O)[O-].[Ca+2]. The fourth-order valence-corrected chi connectivity index (χ4v) is 6.39. The van der Waals surface area contributed by atoms with Gasteiger partial charge in [-0.05, 0) is 25.2 Å². The van der Waals surface area contributed by atoms with Crippen LogP contribution in [0.1, 0.15) is 206 Å². The molecule has 300 valence electrons. The zero-order chi connectivity index (χ0) is 37.6. The van der Waals surface area contributed by atoms with Crippen LogP contribution in [0.3, 0.4) is 0 Å². The van der Waals surface area contributed by atoms with Crippen molar-refractivity contribution in [3.8, 4) is 0 Å². The molecule has 10 nitrogen and oxygen atoms in total. The average molecular weight is 793 g/mol. The van der Waals surface area contributed by atoms with Crippen molar-refractivity contribution in [1.82, 2.24) is 5.32 Å². The summed E-state index contributed by atoms with van der Waals surface area (Å²) in [5, 5.41) is 13.9. The molecule has 0 rings (SSSR count). The van der Waals surface area contributed by atoms with E-state index in [2.05, 4.69) is 24.2 Å². The molecule has 0 aliphatic carbocycles. The van der Waals surface area contributed by atoms with Crippen LogP contribution >= 0.6 is 0 Å². The van der Waals surface area contributed by atoms with E-state index in [1.54, 1.807) is 0 Å². The topological polar surface area (TPSA) is 176 Å². The molecule has 0 heterocycles. The van der Waals surface area contributed by atoms with E-state index in [0.29, 0.717) is 12.8 Å². The van der Waals surface area contributed by atoms with Crippen molar-refractivity contribution in [3.63, 3.8) is 0 Å². The van der Waals surface area contributed by atoms with Crippen molar-refractivity contribution in [2.45, 2.75) is 206 Å². The summed E-state index contributed by atoms with van der Waals surface area (Å²) in [6.45, 7) is 4.28. The molecule has 51 heavy (non-hydrogen) atoms. The van der Waals surface area contributed by atoms with Crippen LogP contribution in [0.4, 0.5) is 0 Å². The molecule has 2 N–H and O–H groups in total. The van der Waals surface area contributed by atoms with E-state index in [-0.39, 0.29) is 62.6 Å². The van der Waals surface area contributed by atoms with Crippen molar-refractivity contribution >= 4 is 69.8 Å². The molecule has 0 bridgehead atoms. The van der Waals surface area contributed by atoms with E-state index in [9.17, 15) is 31.3 Å². The number of unbranched alkanes of at least 4 members (excludes halogenated alkanes) is 26. The minimum atomic E-state index is -4.27. The summed E-state index contributed by atoms with van der Waals surface area (Å²) in [5.41, 5.74) is 0. The number of carbonyl (C=O) groups is 1. The number of hydrogen-bond acceptors (Lipinski definition) is 8. The molecule has 0 aromatic carbocycles. The Morgan fingerprint density at radius 2 is 0.863 bits per heavy atom. The zero-order valence-corrected chi connectivity index (χ0v) is 36.7. The maximum atomic E-state index is 11.5. The van der Waals surface area contributed by atoms with Gasteiger partial charge in [0.25, 0.3) is 10.1 Å². The monoisotopic (exact) mass is 792 g/mol. The Hall–Kier alpha value is 0.0197. The largest absolute Gasteiger partial charge is 2.00 e. The second kappa shape index (κ2) is 41.2. The van der Waals surface area contributed by atoms with E-state index in [1.807, 2.05) is 0 Å². The molecule has 0 spiro atoms. The molecule has 0 saturated carbocycles. The average Bonchev–Trinajstić information content (AvgIpc) is 3.04. The molecule has 0 aromatic rings. The zero-order valence-electron chi connectivity index (χ0n) is 32.8. The standard InChI is InChI=1S/2C19H39NO4S.Ca/c2*1-2-3-4-5-6-7-8-9-10-11-12-13-14-15-16-19(21)20-17-18-25(22,23)24;/h2*2-18H2,1H3,(H,20,21)(H,22,23,24);/q;;+2/p-2. The number of carbonyl (C=O) groups excluding carboxylic acids is 1. The third kappa shape index (κ3) is 54.5. The third-order valence-electron chi connectivity index (χ3n) is 8.81. The first-order valence-electron chi connectivity index (χ1n) is 20.3. The third-order valence-corrected chi connectivity index (χ3v) is 10.2. The van der Waals surface area contributed by atoms with Gasteiger partial charge in [0.2, 0.25) is 5.91 Å². The van der Waals surface area contributed by atoms with Crippen LogP contribution in [-0.2, 0) is 25.0 Å². The van der Waals surface area contributed by atoms with Gasteiger partial charge in [0.1, 0.15) is 0 Å². The Morgan fingerprint density at radius 3 is 1.18 bits per heavy atom. The van der Waals surface area contributed by atoms with Gasteiger partial charge in [-0.3, -0.25) is 9.35 Å². The number of rotatable bonds is 36. The molecule has 1 amide bonds. The summed E-state index contributed by atoms with van der Waals surface area (Å²) in [5.74, 6) is -1.43. The molecular weight excluding hydrogens is 717 g/mol. The number of hydrogen-bond donors (Lipinski definition) is 2.